The average molecular weight is 386 g/mol. The Morgan fingerprint density at radius 3 is 2.85 bits per heavy atom. The number of amides is 1. The fourth-order valence-corrected chi connectivity index (χ4v) is 3.33. The van der Waals surface area contributed by atoms with Crippen LogP contribution >= 0.6 is 11.3 Å². The molecule has 0 aliphatic carbocycles. The van der Waals surface area contributed by atoms with Gasteiger partial charge in [-0.15, -0.1) is 11.3 Å². The molecule has 0 saturated carbocycles. The Morgan fingerprint density at radius 2 is 2.11 bits per heavy atom. The number of nitrogens with zero attached hydrogens (tertiary/aromatic N) is 3. The van der Waals surface area contributed by atoms with Crippen LogP contribution in [0.1, 0.15) is 20.8 Å². The van der Waals surface area contributed by atoms with Crippen molar-refractivity contribution in [1.29, 1.82) is 0 Å². The molecule has 0 bridgehead atoms. The molecular weight excluding hydrogens is 364 g/mol. The lowest BCUT2D eigenvalue weighted by Crippen LogP contribution is -2.26. The number of hydrogen-bond donors (Lipinski definition) is 1. The van der Waals surface area contributed by atoms with Gasteiger partial charge >= 0.3 is 0 Å². The van der Waals surface area contributed by atoms with E-state index in [0.717, 1.165) is 17.0 Å². The van der Waals surface area contributed by atoms with E-state index < -0.39 is 5.91 Å². The third-order valence-electron chi connectivity index (χ3n) is 3.95. The highest BCUT2D eigenvalue weighted by Gasteiger charge is 2.16. The van der Waals surface area contributed by atoms with Crippen molar-refractivity contribution < 1.29 is 9.53 Å². The average Bonchev–Trinajstić information content (AvgIpc) is 2.98. The first-order valence-corrected chi connectivity index (χ1v) is 9.34. The lowest BCUT2D eigenvalue weighted by atomic mass is 10.2. The van der Waals surface area contributed by atoms with Crippen LogP contribution in [0.25, 0.3) is 4.96 Å². The normalized spacial score (nSPS) is 11.1. The predicted octanol–water partition coefficient (Wildman–Crippen LogP) is 2.57. The van der Waals surface area contributed by atoms with Crippen molar-refractivity contribution in [2.24, 2.45) is 0 Å². The van der Waals surface area contributed by atoms with Gasteiger partial charge in [-0.25, -0.2) is 4.98 Å². The molecule has 1 N–H and O–H groups in total. The molecular formula is C19H22N4O3S. The van der Waals surface area contributed by atoms with Crippen LogP contribution in [0.2, 0.25) is 0 Å². The highest BCUT2D eigenvalue weighted by Crippen LogP contribution is 2.26. The number of rotatable bonds is 6. The van der Waals surface area contributed by atoms with Gasteiger partial charge in [-0.1, -0.05) is 6.07 Å². The Labute approximate surface area is 161 Å². The second-order valence-corrected chi connectivity index (χ2v) is 7.79. The fraction of sp³-hybridized carbons (Fsp3) is 0.316. The number of hydrogen-bond acceptors (Lipinski definition) is 6. The van der Waals surface area contributed by atoms with Crippen LogP contribution in [0.3, 0.4) is 0 Å². The Hall–Kier alpha value is -2.71. The van der Waals surface area contributed by atoms with E-state index in [1.807, 2.05) is 51.0 Å². The zero-order chi connectivity index (χ0) is 19.6. The summed E-state index contributed by atoms with van der Waals surface area (Å²) in [6.45, 7) is 5.06. The van der Waals surface area contributed by atoms with E-state index in [1.54, 1.807) is 6.20 Å². The van der Waals surface area contributed by atoms with Gasteiger partial charge in [-0.05, 0) is 45.6 Å². The molecule has 1 amide bonds. The highest BCUT2D eigenvalue weighted by molar-refractivity contribution is 7.16. The lowest BCUT2D eigenvalue weighted by molar-refractivity contribution is 0.102. The number of aromatic nitrogens is 2. The molecule has 0 atom stereocenters. The van der Waals surface area contributed by atoms with Crippen molar-refractivity contribution in [3.05, 3.63) is 57.0 Å². The molecule has 3 rings (SSSR count). The molecule has 3 aromatic rings. The number of anilines is 1. The number of ether oxygens (including phenoxy) is 1. The number of likely N-dealkylation sites (N-methyl/N-ethyl adjacent to an activating group) is 1. The summed E-state index contributed by atoms with van der Waals surface area (Å²) >= 11 is 1.40. The minimum atomic E-state index is -0.506. The van der Waals surface area contributed by atoms with Crippen molar-refractivity contribution in [3.63, 3.8) is 0 Å². The maximum atomic E-state index is 12.7. The number of carbonyl (C=O) groups is 1. The quantitative estimate of drug-likeness (QED) is 0.705. The summed E-state index contributed by atoms with van der Waals surface area (Å²) < 4.78 is 7.19. The summed E-state index contributed by atoms with van der Waals surface area (Å²) in [5.41, 5.74) is 1.12. The lowest BCUT2D eigenvalue weighted by Gasteiger charge is -2.15. The number of carbonyl (C=O) groups excluding carboxylic acids is 1. The van der Waals surface area contributed by atoms with Gasteiger partial charge in [0.15, 0.2) is 4.96 Å². The van der Waals surface area contributed by atoms with Gasteiger partial charge < -0.3 is 15.0 Å². The van der Waals surface area contributed by atoms with Crippen LogP contribution in [-0.2, 0) is 0 Å². The van der Waals surface area contributed by atoms with E-state index in [9.17, 15) is 9.59 Å². The number of nitrogens with one attached hydrogen (secondary N) is 1. The van der Waals surface area contributed by atoms with Crippen LogP contribution in [-0.4, -0.2) is 47.4 Å². The van der Waals surface area contributed by atoms with Crippen LogP contribution < -0.4 is 15.6 Å². The molecule has 1 aromatic carbocycles. The van der Waals surface area contributed by atoms with E-state index in [2.05, 4.69) is 10.3 Å². The molecule has 0 spiro atoms. The topological polar surface area (TPSA) is 75.9 Å². The Morgan fingerprint density at radius 1 is 1.33 bits per heavy atom. The van der Waals surface area contributed by atoms with Crippen LogP contribution in [0.5, 0.6) is 5.75 Å². The number of aryl methyl sites for hydroxylation is 2. The minimum absolute atomic E-state index is 0.00829. The molecule has 0 radical (unpaired) electrons. The van der Waals surface area contributed by atoms with Crippen LogP contribution in [0.15, 0.2) is 35.4 Å². The monoisotopic (exact) mass is 386 g/mol. The first-order valence-electron chi connectivity index (χ1n) is 8.52. The Balaban J connectivity index is 1.86. The molecule has 0 saturated heterocycles. The second-order valence-electron chi connectivity index (χ2n) is 6.58. The van der Waals surface area contributed by atoms with Gasteiger partial charge in [0.25, 0.3) is 11.5 Å². The van der Waals surface area contributed by atoms with Gasteiger partial charge in [0, 0.05) is 23.8 Å². The molecule has 27 heavy (non-hydrogen) atoms. The molecule has 8 heteroatoms. The molecule has 0 aliphatic rings. The number of thiazole rings is 1. The summed E-state index contributed by atoms with van der Waals surface area (Å²) in [5.74, 6) is 0.0603. The zero-order valence-corrected chi connectivity index (χ0v) is 16.6. The van der Waals surface area contributed by atoms with Crippen molar-refractivity contribution >= 4 is 27.9 Å². The van der Waals surface area contributed by atoms with Crippen molar-refractivity contribution in [3.8, 4) is 5.75 Å². The third-order valence-corrected chi connectivity index (χ3v) is 4.86. The summed E-state index contributed by atoms with van der Waals surface area (Å²) in [7, 11) is 3.92. The van der Waals surface area contributed by atoms with Crippen molar-refractivity contribution in [1.82, 2.24) is 14.3 Å². The first kappa shape index (κ1) is 19.1. The summed E-state index contributed by atoms with van der Waals surface area (Å²) in [4.78, 5) is 33.1. The summed E-state index contributed by atoms with van der Waals surface area (Å²) in [6.07, 6.45) is 3.01. The van der Waals surface area contributed by atoms with Gasteiger partial charge in [-0.2, -0.15) is 0 Å². The van der Waals surface area contributed by atoms with E-state index >= 15 is 0 Å². The molecule has 7 nitrogen and oxygen atoms in total. The minimum Gasteiger partial charge on any atom is -0.490 e. The third kappa shape index (κ3) is 4.35. The van der Waals surface area contributed by atoms with Gasteiger partial charge in [0.05, 0.1) is 5.69 Å². The van der Waals surface area contributed by atoms with E-state index in [4.69, 9.17) is 4.74 Å². The van der Waals surface area contributed by atoms with Gasteiger partial charge in [-0.3, -0.25) is 14.0 Å². The van der Waals surface area contributed by atoms with E-state index in [-0.39, 0.29) is 11.1 Å². The molecule has 2 heterocycles. The maximum absolute atomic E-state index is 12.7. The number of benzene rings is 1. The standard InChI is InChI=1S/C19H22N4O3S/c1-12-5-6-16(26-8-7-22(3)4)15(9-12)21-17(24)14-10-20-19-23(18(14)25)11-13(2)27-19/h5-6,9-11H,7-8H2,1-4H3,(H,21,24). The van der Waals surface area contributed by atoms with Crippen LogP contribution in [0.4, 0.5) is 5.69 Å². The molecule has 142 valence electrons. The molecule has 2 aromatic heterocycles. The van der Waals surface area contributed by atoms with Crippen molar-refractivity contribution in [2.45, 2.75) is 13.8 Å². The van der Waals surface area contributed by atoms with Gasteiger partial charge in [0.2, 0.25) is 0 Å². The van der Waals surface area contributed by atoms with Crippen molar-refractivity contribution in [2.75, 3.05) is 32.6 Å². The molecule has 0 unspecified atom stereocenters. The maximum Gasteiger partial charge on any atom is 0.271 e. The van der Waals surface area contributed by atoms with Crippen LogP contribution in [0, 0.1) is 13.8 Å². The largest absolute Gasteiger partial charge is 0.490 e. The Kier molecular flexibility index (Phi) is 5.57. The Bertz CT molecular complexity index is 1040. The number of fused-ring (bicyclic) bond motifs is 1. The molecule has 0 fully saturated rings. The smallest absolute Gasteiger partial charge is 0.271 e. The van der Waals surface area contributed by atoms with Gasteiger partial charge in [0.1, 0.15) is 17.9 Å². The SMILES string of the molecule is Cc1ccc(OCCN(C)C)c(NC(=O)c2cnc3sc(C)cn3c2=O)c1. The fourth-order valence-electron chi connectivity index (χ4n) is 2.55. The first-order chi connectivity index (χ1) is 12.8. The van der Waals surface area contributed by atoms with E-state index in [0.29, 0.717) is 23.0 Å². The summed E-state index contributed by atoms with van der Waals surface area (Å²) in [5, 5.41) is 2.79. The van der Waals surface area contributed by atoms with E-state index in [1.165, 1.54) is 21.9 Å². The summed E-state index contributed by atoms with van der Waals surface area (Å²) in [6, 6.07) is 5.55. The predicted molar refractivity (Wildman–Crippen MR) is 107 cm³/mol. The zero-order valence-electron chi connectivity index (χ0n) is 15.8. The highest BCUT2D eigenvalue weighted by atomic mass is 32.1. The second kappa shape index (κ2) is 7.89. The molecule has 0 aliphatic heterocycles.